The quantitative estimate of drug-likeness (QED) is 0.534. The number of ether oxygens (including phenoxy) is 2. The summed E-state index contributed by atoms with van der Waals surface area (Å²) in [5.41, 5.74) is 2.54. The number of hydrogen-bond donors (Lipinski definition) is 1. The van der Waals surface area contributed by atoms with E-state index in [0.29, 0.717) is 24.6 Å². The van der Waals surface area contributed by atoms with E-state index in [4.69, 9.17) is 9.47 Å². The van der Waals surface area contributed by atoms with Crippen molar-refractivity contribution in [3.05, 3.63) is 65.4 Å². The van der Waals surface area contributed by atoms with Gasteiger partial charge in [0.05, 0.1) is 11.8 Å². The van der Waals surface area contributed by atoms with Crippen LogP contribution >= 0.6 is 0 Å². The maximum atomic E-state index is 13.1. The first-order chi connectivity index (χ1) is 14.4. The van der Waals surface area contributed by atoms with Crippen molar-refractivity contribution in [1.29, 1.82) is 0 Å². The number of para-hydroxylation sites is 2. The van der Waals surface area contributed by atoms with Crippen molar-refractivity contribution in [1.82, 2.24) is 5.32 Å². The second kappa shape index (κ2) is 10.1. The van der Waals surface area contributed by atoms with Gasteiger partial charge in [-0.25, -0.2) is 0 Å². The zero-order chi connectivity index (χ0) is 21.5. The standard InChI is InChI=1S/C24H28N2O4/c1-17(2)29-13-7-12-25-23(27)16-26-20-10-4-5-11-21(20)30-22(24(26)28)15-19-9-6-8-18(3)14-19/h4-6,8-11,14-15,17H,7,12-13,16H2,1-3H3,(H,25,27)/b22-15+. The number of nitrogens with zero attached hydrogens (tertiary/aromatic N) is 1. The minimum Gasteiger partial charge on any atom is -0.449 e. The van der Waals surface area contributed by atoms with Gasteiger partial charge in [0.1, 0.15) is 6.54 Å². The summed E-state index contributed by atoms with van der Waals surface area (Å²) >= 11 is 0. The molecule has 0 unspecified atom stereocenters. The summed E-state index contributed by atoms with van der Waals surface area (Å²) in [6.07, 6.45) is 2.59. The van der Waals surface area contributed by atoms with Crippen molar-refractivity contribution in [2.75, 3.05) is 24.6 Å². The average molecular weight is 408 g/mol. The number of hydrogen-bond acceptors (Lipinski definition) is 4. The molecule has 3 rings (SSSR count). The molecular weight excluding hydrogens is 380 g/mol. The molecule has 0 saturated carbocycles. The van der Waals surface area contributed by atoms with E-state index in [-0.39, 0.29) is 30.2 Å². The number of rotatable bonds is 8. The summed E-state index contributed by atoms with van der Waals surface area (Å²) in [6.45, 7) is 6.95. The Bertz CT molecular complexity index is 936. The van der Waals surface area contributed by atoms with Crippen molar-refractivity contribution in [3.8, 4) is 5.75 Å². The number of amides is 2. The molecule has 6 heteroatoms. The van der Waals surface area contributed by atoms with Crippen LogP contribution in [0.3, 0.4) is 0 Å². The summed E-state index contributed by atoms with van der Waals surface area (Å²) in [5.74, 6) is 0.180. The van der Waals surface area contributed by atoms with Crippen molar-refractivity contribution >= 4 is 23.6 Å². The van der Waals surface area contributed by atoms with Gasteiger partial charge in [0, 0.05) is 13.2 Å². The van der Waals surface area contributed by atoms with Gasteiger partial charge in [-0.15, -0.1) is 0 Å². The molecule has 1 heterocycles. The molecule has 158 valence electrons. The number of carbonyl (C=O) groups excluding carboxylic acids is 2. The summed E-state index contributed by atoms with van der Waals surface area (Å²) < 4.78 is 11.3. The van der Waals surface area contributed by atoms with E-state index in [2.05, 4.69) is 5.32 Å². The van der Waals surface area contributed by atoms with Crippen molar-refractivity contribution in [2.24, 2.45) is 0 Å². The topological polar surface area (TPSA) is 67.9 Å². The lowest BCUT2D eigenvalue weighted by molar-refractivity contribution is -0.123. The maximum absolute atomic E-state index is 13.1. The predicted molar refractivity (Wildman–Crippen MR) is 117 cm³/mol. The lowest BCUT2D eigenvalue weighted by atomic mass is 10.1. The minimum absolute atomic E-state index is 0.0740. The molecule has 0 aliphatic carbocycles. The highest BCUT2D eigenvalue weighted by atomic mass is 16.5. The molecule has 6 nitrogen and oxygen atoms in total. The summed E-state index contributed by atoms with van der Waals surface area (Å²) in [7, 11) is 0. The summed E-state index contributed by atoms with van der Waals surface area (Å²) in [6, 6.07) is 15.0. The normalized spacial score (nSPS) is 14.6. The van der Waals surface area contributed by atoms with E-state index in [9.17, 15) is 9.59 Å². The van der Waals surface area contributed by atoms with Crippen molar-refractivity contribution < 1.29 is 19.1 Å². The number of aryl methyl sites for hydroxylation is 1. The fourth-order valence-electron chi connectivity index (χ4n) is 3.15. The Morgan fingerprint density at radius 1 is 1.20 bits per heavy atom. The van der Waals surface area contributed by atoms with Gasteiger partial charge in [0.15, 0.2) is 11.5 Å². The Balaban J connectivity index is 1.72. The molecule has 0 fully saturated rings. The van der Waals surface area contributed by atoms with E-state index in [0.717, 1.165) is 17.5 Å². The first-order valence-electron chi connectivity index (χ1n) is 10.2. The van der Waals surface area contributed by atoms with Crippen LogP contribution in [0.25, 0.3) is 6.08 Å². The SMILES string of the molecule is Cc1cccc(/C=C2/Oc3ccccc3N(CC(=O)NCCCOC(C)C)C2=O)c1. The van der Waals surface area contributed by atoms with Gasteiger partial charge in [-0.3, -0.25) is 14.5 Å². The lowest BCUT2D eigenvalue weighted by Crippen LogP contribution is -2.44. The third kappa shape index (κ3) is 5.70. The van der Waals surface area contributed by atoms with E-state index in [1.54, 1.807) is 18.2 Å². The van der Waals surface area contributed by atoms with Gasteiger partial charge >= 0.3 is 0 Å². The maximum Gasteiger partial charge on any atom is 0.294 e. The highest BCUT2D eigenvalue weighted by Gasteiger charge is 2.31. The molecule has 0 atom stereocenters. The van der Waals surface area contributed by atoms with Crippen molar-refractivity contribution in [3.63, 3.8) is 0 Å². The van der Waals surface area contributed by atoms with Gasteiger partial charge in [-0.1, -0.05) is 42.0 Å². The molecule has 0 bridgehead atoms. The van der Waals surface area contributed by atoms with Gasteiger partial charge < -0.3 is 14.8 Å². The first-order valence-corrected chi connectivity index (χ1v) is 10.2. The van der Waals surface area contributed by atoms with Crippen LogP contribution in [0.2, 0.25) is 0 Å². The minimum atomic E-state index is -0.339. The van der Waals surface area contributed by atoms with Crippen molar-refractivity contribution in [2.45, 2.75) is 33.3 Å². The van der Waals surface area contributed by atoms with Gasteiger partial charge in [-0.2, -0.15) is 0 Å². The fraction of sp³-hybridized carbons (Fsp3) is 0.333. The van der Waals surface area contributed by atoms with Gasteiger partial charge in [-0.05, 0) is 51.0 Å². The Kier molecular flexibility index (Phi) is 7.25. The molecule has 1 aliphatic heterocycles. The summed E-state index contributed by atoms with van der Waals surface area (Å²) in [4.78, 5) is 27.0. The van der Waals surface area contributed by atoms with Crippen LogP contribution in [0.15, 0.2) is 54.3 Å². The molecular formula is C24H28N2O4. The molecule has 0 aromatic heterocycles. The predicted octanol–water partition coefficient (Wildman–Crippen LogP) is 3.69. The molecule has 1 aliphatic rings. The average Bonchev–Trinajstić information content (AvgIpc) is 2.70. The molecule has 2 aromatic carbocycles. The smallest absolute Gasteiger partial charge is 0.294 e. The number of fused-ring (bicyclic) bond motifs is 1. The second-order valence-electron chi connectivity index (χ2n) is 7.51. The lowest BCUT2D eigenvalue weighted by Gasteiger charge is -2.30. The number of benzene rings is 2. The van der Waals surface area contributed by atoms with E-state index in [1.165, 1.54) is 4.90 Å². The summed E-state index contributed by atoms with van der Waals surface area (Å²) in [5, 5.41) is 2.85. The van der Waals surface area contributed by atoms with Crippen LogP contribution in [0.1, 0.15) is 31.4 Å². The third-order valence-electron chi connectivity index (χ3n) is 4.57. The molecule has 2 aromatic rings. The van der Waals surface area contributed by atoms with Crippen LogP contribution in [0, 0.1) is 6.92 Å². The highest BCUT2D eigenvalue weighted by molar-refractivity contribution is 6.12. The highest BCUT2D eigenvalue weighted by Crippen LogP contribution is 2.35. The number of carbonyl (C=O) groups is 2. The van der Waals surface area contributed by atoms with Crippen LogP contribution in [-0.4, -0.2) is 37.6 Å². The zero-order valence-corrected chi connectivity index (χ0v) is 17.7. The van der Waals surface area contributed by atoms with E-state index in [1.807, 2.05) is 57.2 Å². The van der Waals surface area contributed by atoms with Crippen LogP contribution in [0.4, 0.5) is 5.69 Å². The molecule has 0 saturated heterocycles. The zero-order valence-electron chi connectivity index (χ0n) is 17.7. The first kappa shape index (κ1) is 21.6. The van der Waals surface area contributed by atoms with Gasteiger partial charge in [0.2, 0.25) is 5.91 Å². The fourth-order valence-corrected chi connectivity index (χ4v) is 3.15. The Morgan fingerprint density at radius 3 is 2.77 bits per heavy atom. The Hall–Kier alpha value is -3.12. The monoisotopic (exact) mass is 408 g/mol. The largest absolute Gasteiger partial charge is 0.449 e. The third-order valence-corrected chi connectivity index (χ3v) is 4.57. The Morgan fingerprint density at radius 2 is 2.00 bits per heavy atom. The molecule has 2 amide bonds. The molecule has 30 heavy (non-hydrogen) atoms. The van der Waals surface area contributed by atoms with Crippen LogP contribution in [-0.2, 0) is 14.3 Å². The van der Waals surface area contributed by atoms with Crippen LogP contribution < -0.4 is 15.0 Å². The van der Waals surface area contributed by atoms with E-state index < -0.39 is 0 Å². The molecule has 0 spiro atoms. The Labute approximate surface area is 177 Å². The number of anilines is 1. The second-order valence-corrected chi connectivity index (χ2v) is 7.51. The number of nitrogens with one attached hydrogen (secondary N) is 1. The van der Waals surface area contributed by atoms with E-state index >= 15 is 0 Å². The van der Waals surface area contributed by atoms with Crippen LogP contribution in [0.5, 0.6) is 5.75 Å². The van der Waals surface area contributed by atoms with Gasteiger partial charge in [0.25, 0.3) is 5.91 Å². The molecule has 1 N–H and O–H groups in total. The molecule has 0 radical (unpaired) electrons.